The summed E-state index contributed by atoms with van der Waals surface area (Å²) in [7, 11) is -11.8. The first-order valence-electron chi connectivity index (χ1n) is 10.0. The molecule has 1 aromatic carbocycles. The quantitative estimate of drug-likeness (QED) is 0.252. The summed E-state index contributed by atoms with van der Waals surface area (Å²) in [5.41, 5.74) is 0.620. The molecule has 0 aliphatic heterocycles. The highest BCUT2D eigenvalue weighted by Gasteiger charge is 2.48. The lowest BCUT2D eigenvalue weighted by atomic mass is 10.2. The maximum Gasteiger partial charge on any atom is 0.367 e. The fourth-order valence-corrected chi connectivity index (χ4v) is 11.7. The standard InChI is InChI=1S/C19H33O8P3/c1-6-23-28(20,17-29(21,24-7-2)25-8-3)19(16-18-14-12-11-13-15-18)30(22,26-9-4)27-10-5/h11-16H,6-10,17H2,1-5H3/b19-16-. The van der Waals surface area contributed by atoms with Crippen LogP contribution < -0.4 is 0 Å². The summed E-state index contributed by atoms with van der Waals surface area (Å²) in [4.78, 5) is 0. The summed E-state index contributed by atoms with van der Waals surface area (Å²) in [6, 6.07) is 8.90. The summed E-state index contributed by atoms with van der Waals surface area (Å²) in [5.74, 6) is -0.571. The maximum atomic E-state index is 14.1. The smallest absolute Gasteiger partial charge is 0.325 e. The highest BCUT2D eigenvalue weighted by molar-refractivity contribution is 7.86. The molecule has 11 heteroatoms. The third-order valence-corrected chi connectivity index (χ3v) is 12.9. The molecular formula is C19H33O8P3. The van der Waals surface area contributed by atoms with Crippen molar-refractivity contribution in [2.24, 2.45) is 0 Å². The molecule has 8 nitrogen and oxygen atoms in total. The van der Waals surface area contributed by atoms with Crippen LogP contribution >= 0.6 is 22.6 Å². The van der Waals surface area contributed by atoms with Gasteiger partial charge in [-0.3, -0.25) is 13.7 Å². The van der Waals surface area contributed by atoms with Crippen molar-refractivity contribution in [3.05, 3.63) is 41.0 Å². The van der Waals surface area contributed by atoms with E-state index in [9.17, 15) is 13.7 Å². The molecule has 0 bridgehead atoms. The first-order chi connectivity index (χ1) is 14.2. The second-order valence-electron chi connectivity index (χ2n) is 5.93. The second-order valence-corrected chi connectivity index (χ2v) is 13.2. The molecule has 0 amide bonds. The van der Waals surface area contributed by atoms with Gasteiger partial charge in [-0.1, -0.05) is 30.3 Å². The summed E-state index contributed by atoms with van der Waals surface area (Å²) >= 11 is 0. The van der Waals surface area contributed by atoms with E-state index < -0.39 is 28.5 Å². The molecule has 0 saturated carbocycles. The molecular weight excluding hydrogens is 449 g/mol. The van der Waals surface area contributed by atoms with Crippen LogP contribution in [0.3, 0.4) is 0 Å². The van der Waals surface area contributed by atoms with Crippen LogP contribution in [-0.4, -0.2) is 38.9 Å². The average Bonchev–Trinajstić information content (AvgIpc) is 2.67. The van der Waals surface area contributed by atoms with E-state index in [1.165, 1.54) is 6.08 Å². The van der Waals surface area contributed by atoms with E-state index in [0.717, 1.165) is 0 Å². The van der Waals surface area contributed by atoms with Crippen molar-refractivity contribution in [3.8, 4) is 0 Å². The SMILES string of the molecule is CCOP(=O)(CP(=O)(OCC)/C(=C/c1ccccc1)P(=O)(OCC)OCC)OCC. The highest BCUT2D eigenvalue weighted by Crippen LogP contribution is 2.78. The molecule has 172 valence electrons. The van der Waals surface area contributed by atoms with E-state index in [0.29, 0.717) is 5.56 Å². The Morgan fingerprint density at radius 2 is 1.20 bits per heavy atom. The molecule has 1 atom stereocenters. The number of hydrogen-bond acceptors (Lipinski definition) is 8. The third-order valence-electron chi connectivity index (χ3n) is 3.67. The minimum atomic E-state index is -4.03. The zero-order valence-corrected chi connectivity index (χ0v) is 21.0. The summed E-state index contributed by atoms with van der Waals surface area (Å²) in [5, 5.41) is -0.161. The van der Waals surface area contributed by atoms with Crippen molar-refractivity contribution in [1.82, 2.24) is 0 Å². The first-order valence-corrected chi connectivity index (χ1v) is 15.1. The molecule has 0 fully saturated rings. The Morgan fingerprint density at radius 3 is 1.63 bits per heavy atom. The van der Waals surface area contributed by atoms with E-state index in [2.05, 4.69) is 0 Å². The van der Waals surface area contributed by atoms with Crippen LogP contribution in [0.2, 0.25) is 0 Å². The van der Waals surface area contributed by atoms with E-state index >= 15 is 0 Å². The fraction of sp³-hybridized carbons (Fsp3) is 0.579. The lowest BCUT2D eigenvalue weighted by molar-refractivity contribution is 0.222. The minimum absolute atomic E-state index is 0.0277. The highest BCUT2D eigenvalue weighted by atomic mass is 31.3. The lowest BCUT2D eigenvalue weighted by Crippen LogP contribution is -2.08. The van der Waals surface area contributed by atoms with E-state index in [1.54, 1.807) is 58.9 Å². The zero-order valence-electron chi connectivity index (χ0n) is 18.3. The van der Waals surface area contributed by atoms with Crippen LogP contribution in [0.25, 0.3) is 6.08 Å². The normalized spacial score (nSPS) is 15.2. The number of rotatable bonds is 15. The molecule has 1 rings (SSSR count). The van der Waals surface area contributed by atoms with Crippen LogP contribution in [0.15, 0.2) is 35.4 Å². The topological polar surface area (TPSA) is 97.4 Å². The van der Waals surface area contributed by atoms with Crippen LogP contribution in [0, 0.1) is 0 Å². The van der Waals surface area contributed by atoms with Crippen LogP contribution in [-0.2, 0) is 36.3 Å². The van der Waals surface area contributed by atoms with Crippen molar-refractivity contribution in [2.45, 2.75) is 34.6 Å². The molecule has 0 N–H and O–H groups in total. The Morgan fingerprint density at radius 1 is 0.733 bits per heavy atom. The first kappa shape index (κ1) is 27.5. The monoisotopic (exact) mass is 482 g/mol. The van der Waals surface area contributed by atoms with Crippen molar-refractivity contribution in [1.29, 1.82) is 0 Å². The Kier molecular flexibility index (Phi) is 12.0. The molecule has 0 saturated heterocycles. The number of benzene rings is 1. The molecule has 0 radical (unpaired) electrons. The van der Waals surface area contributed by atoms with Crippen molar-refractivity contribution in [2.75, 3.05) is 38.9 Å². The van der Waals surface area contributed by atoms with E-state index in [-0.39, 0.29) is 38.1 Å². The van der Waals surface area contributed by atoms with Crippen molar-refractivity contribution >= 4 is 28.6 Å². The molecule has 0 aliphatic carbocycles. The van der Waals surface area contributed by atoms with Crippen molar-refractivity contribution < 1.29 is 36.3 Å². The van der Waals surface area contributed by atoms with Gasteiger partial charge in [0, 0.05) is 0 Å². The van der Waals surface area contributed by atoms with Gasteiger partial charge >= 0.3 is 15.2 Å². The largest absolute Gasteiger partial charge is 0.367 e. The summed E-state index contributed by atoms with van der Waals surface area (Å²) in [6.45, 7) is 8.60. The van der Waals surface area contributed by atoms with Gasteiger partial charge in [0.1, 0.15) is 11.0 Å². The predicted molar refractivity (Wildman–Crippen MR) is 120 cm³/mol. The molecule has 1 aromatic rings. The lowest BCUT2D eigenvalue weighted by Gasteiger charge is -2.28. The van der Waals surface area contributed by atoms with Gasteiger partial charge < -0.3 is 22.6 Å². The minimum Gasteiger partial charge on any atom is -0.325 e. The molecule has 0 heterocycles. The molecule has 0 aliphatic rings. The predicted octanol–water partition coefficient (Wildman–Crippen LogP) is 6.79. The van der Waals surface area contributed by atoms with Crippen LogP contribution in [0.5, 0.6) is 0 Å². The van der Waals surface area contributed by atoms with Gasteiger partial charge in [0.25, 0.3) is 7.37 Å². The van der Waals surface area contributed by atoms with Gasteiger partial charge in [-0.05, 0) is 46.3 Å². The maximum absolute atomic E-state index is 14.1. The third kappa shape index (κ3) is 7.85. The Hall–Kier alpha value is -0.550. The van der Waals surface area contributed by atoms with Gasteiger partial charge in [-0.15, -0.1) is 0 Å². The average molecular weight is 482 g/mol. The summed E-state index contributed by atoms with van der Waals surface area (Å²) < 4.78 is 68.3. The van der Waals surface area contributed by atoms with Gasteiger partial charge in [0.2, 0.25) is 0 Å². The van der Waals surface area contributed by atoms with Gasteiger partial charge in [-0.25, -0.2) is 0 Å². The molecule has 30 heavy (non-hydrogen) atoms. The molecule has 0 spiro atoms. The second kappa shape index (κ2) is 13.1. The van der Waals surface area contributed by atoms with Gasteiger partial charge in [-0.2, -0.15) is 0 Å². The summed E-state index contributed by atoms with van der Waals surface area (Å²) in [6.07, 6.45) is 1.46. The van der Waals surface area contributed by atoms with Crippen LogP contribution in [0.4, 0.5) is 0 Å². The number of hydrogen-bond donors (Lipinski definition) is 0. The van der Waals surface area contributed by atoms with Crippen LogP contribution in [0.1, 0.15) is 40.2 Å². The Labute approximate surface area is 179 Å². The van der Waals surface area contributed by atoms with Gasteiger partial charge in [0.05, 0.1) is 33.0 Å². The van der Waals surface area contributed by atoms with E-state index in [4.69, 9.17) is 22.6 Å². The van der Waals surface area contributed by atoms with Gasteiger partial charge in [0.15, 0.2) is 0 Å². The molecule has 1 unspecified atom stereocenters. The van der Waals surface area contributed by atoms with Crippen molar-refractivity contribution in [3.63, 3.8) is 0 Å². The zero-order chi connectivity index (χ0) is 22.7. The molecule has 0 aromatic heterocycles. The Bertz CT molecular complexity index is 789. The fourth-order valence-electron chi connectivity index (χ4n) is 2.70. The Balaban J connectivity index is 3.69. The van der Waals surface area contributed by atoms with E-state index in [1.807, 2.05) is 6.07 Å².